The molecular formula is C14H18FN. The fraction of sp³-hybridized carbons (Fsp3) is 0.571. The third-order valence-electron chi connectivity index (χ3n) is 4.50. The summed E-state index contributed by atoms with van der Waals surface area (Å²) >= 11 is 0. The Morgan fingerprint density at radius 3 is 2.75 bits per heavy atom. The first-order chi connectivity index (χ1) is 7.77. The van der Waals surface area contributed by atoms with Gasteiger partial charge in [0.2, 0.25) is 0 Å². The molecule has 0 aromatic heterocycles. The summed E-state index contributed by atoms with van der Waals surface area (Å²) in [6.07, 6.45) is 5.85. The molecule has 1 spiro atoms. The number of benzene rings is 1. The van der Waals surface area contributed by atoms with Crippen molar-refractivity contribution >= 4 is 0 Å². The quantitative estimate of drug-likeness (QED) is 0.771. The van der Waals surface area contributed by atoms with Crippen LogP contribution in [0.4, 0.5) is 4.39 Å². The van der Waals surface area contributed by atoms with Crippen LogP contribution in [0.1, 0.15) is 49.1 Å². The first kappa shape index (κ1) is 10.3. The molecule has 1 aromatic rings. The van der Waals surface area contributed by atoms with Gasteiger partial charge < -0.3 is 5.73 Å². The zero-order chi connectivity index (χ0) is 11.2. The second kappa shape index (κ2) is 3.56. The van der Waals surface area contributed by atoms with E-state index in [9.17, 15) is 4.39 Å². The number of rotatable bonds is 1. The van der Waals surface area contributed by atoms with Gasteiger partial charge in [0.25, 0.3) is 0 Å². The third kappa shape index (κ3) is 1.26. The van der Waals surface area contributed by atoms with E-state index >= 15 is 0 Å². The van der Waals surface area contributed by atoms with Gasteiger partial charge in [-0.1, -0.05) is 25.0 Å². The molecule has 2 aliphatic carbocycles. The predicted octanol–water partition coefficient (Wildman–Crippen LogP) is 3.08. The molecule has 1 saturated carbocycles. The van der Waals surface area contributed by atoms with Crippen LogP contribution in [-0.2, 0) is 5.41 Å². The monoisotopic (exact) mass is 219 g/mol. The zero-order valence-corrected chi connectivity index (χ0v) is 9.51. The SMILES string of the molecule is NCC1CC2(CCCC2)c2c(F)cccc21. The maximum atomic E-state index is 14.1. The van der Waals surface area contributed by atoms with Gasteiger partial charge in [-0.15, -0.1) is 0 Å². The number of fused-ring (bicyclic) bond motifs is 2. The summed E-state index contributed by atoms with van der Waals surface area (Å²) in [6.45, 7) is 0.651. The molecule has 1 aromatic carbocycles. The van der Waals surface area contributed by atoms with Crippen molar-refractivity contribution in [2.75, 3.05) is 6.54 Å². The van der Waals surface area contributed by atoms with Crippen molar-refractivity contribution < 1.29 is 4.39 Å². The highest BCUT2D eigenvalue weighted by Gasteiger charge is 2.46. The molecule has 0 amide bonds. The Labute approximate surface area is 95.8 Å². The Morgan fingerprint density at radius 1 is 1.31 bits per heavy atom. The lowest BCUT2D eigenvalue weighted by atomic mass is 9.79. The number of nitrogens with two attached hydrogens (primary N) is 1. The van der Waals surface area contributed by atoms with E-state index in [-0.39, 0.29) is 11.2 Å². The molecule has 86 valence electrons. The van der Waals surface area contributed by atoms with Crippen molar-refractivity contribution in [3.63, 3.8) is 0 Å². The van der Waals surface area contributed by atoms with Gasteiger partial charge in [-0.2, -0.15) is 0 Å². The lowest BCUT2D eigenvalue weighted by Gasteiger charge is -2.25. The molecule has 0 bridgehead atoms. The molecule has 2 aliphatic rings. The molecule has 1 nitrogen and oxygen atoms in total. The summed E-state index contributed by atoms with van der Waals surface area (Å²) in [5.74, 6) is 0.374. The topological polar surface area (TPSA) is 26.0 Å². The average molecular weight is 219 g/mol. The van der Waals surface area contributed by atoms with Crippen molar-refractivity contribution in [1.29, 1.82) is 0 Å². The largest absolute Gasteiger partial charge is 0.330 e. The maximum absolute atomic E-state index is 14.1. The Bertz CT molecular complexity index is 407. The highest BCUT2D eigenvalue weighted by molar-refractivity contribution is 5.44. The third-order valence-corrected chi connectivity index (χ3v) is 4.50. The molecule has 0 heterocycles. The first-order valence-electron chi connectivity index (χ1n) is 6.26. The Hall–Kier alpha value is -0.890. The van der Waals surface area contributed by atoms with E-state index in [2.05, 4.69) is 6.07 Å². The Morgan fingerprint density at radius 2 is 2.06 bits per heavy atom. The first-order valence-corrected chi connectivity index (χ1v) is 6.26. The van der Waals surface area contributed by atoms with Gasteiger partial charge >= 0.3 is 0 Å². The van der Waals surface area contributed by atoms with Gasteiger partial charge in [0.05, 0.1) is 0 Å². The molecule has 16 heavy (non-hydrogen) atoms. The van der Waals surface area contributed by atoms with Crippen LogP contribution in [0.3, 0.4) is 0 Å². The fourth-order valence-electron chi connectivity index (χ4n) is 3.84. The van der Waals surface area contributed by atoms with Gasteiger partial charge in [-0.05, 0) is 54.3 Å². The van der Waals surface area contributed by atoms with Gasteiger partial charge in [-0.25, -0.2) is 4.39 Å². The van der Waals surface area contributed by atoms with Gasteiger partial charge in [-0.3, -0.25) is 0 Å². The molecule has 0 saturated heterocycles. The normalized spacial score (nSPS) is 26.2. The van der Waals surface area contributed by atoms with E-state index < -0.39 is 0 Å². The van der Waals surface area contributed by atoms with E-state index in [0.717, 1.165) is 24.8 Å². The average Bonchev–Trinajstić information content (AvgIpc) is 2.87. The predicted molar refractivity (Wildman–Crippen MR) is 63.0 cm³/mol. The smallest absolute Gasteiger partial charge is 0.127 e. The number of halogens is 1. The summed E-state index contributed by atoms with van der Waals surface area (Å²) in [5, 5.41) is 0. The van der Waals surface area contributed by atoms with E-state index in [1.807, 2.05) is 6.07 Å². The molecule has 3 rings (SSSR count). The van der Waals surface area contributed by atoms with Crippen LogP contribution in [0, 0.1) is 5.82 Å². The van der Waals surface area contributed by atoms with Crippen LogP contribution >= 0.6 is 0 Å². The zero-order valence-electron chi connectivity index (χ0n) is 9.51. The Balaban J connectivity index is 2.15. The molecule has 2 N–H and O–H groups in total. The Kier molecular flexibility index (Phi) is 2.28. The number of hydrogen-bond acceptors (Lipinski definition) is 1. The molecule has 1 unspecified atom stereocenters. The fourth-order valence-corrected chi connectivity index (χ4v) is 3.84. The second-order valence-electron chi connectivity index (χ2n) is 5.33. The van der Waals surface area contributed by atoms with Crippen LogP contribution < -0.4 is 5.73 Å². The van der Waals surface area contributed by atoms with Crippen LogP contribution in [0.15, 0.2) is 18.2 Å². The van der Waals surface area contributed by atoms with Crippen molar-refractivity contribution in [1.82, 2.24) is 0 Å². The van der Waals surface area contributed by atoms with Crippen molar-refractivity contribution in [3.05, 3.63) is 35.1 Å². The molecule has 0 aliphatic heterocycles. The summed E-state index contributed by atoms with van der Waals surface area (Å²) in [5.41, 5.74) is 8.14. The van der Waals surface area contributed by atoms with Crippen molar-refractivity contribution in [3.8, 4) is 0 Å². The molecule has 2 heteroatoms. The second-order valence-corrected chi connectivity index (χ2v) is 5.33. The standard InChI is InChI=1S/C14H18FN/c15-12-5-3-4-11-10(9-16)8-14(13(11)12)6-1-2-7-14/h3-5,10H,1-2,6-9,16H2. The van der Waals surface area contributed by atoms with Crippen molar-refractivity contribution in [2.24, 2.45) is 5.73 Å². The lowest BCUT2D eigenvalue weighted by Crippen LogP contribution is -2.20. The van der Waals surface area contributed by atoms with E-state index in [0.29, 0.717) is 12.5 Å². The number of hydrogen-bond donors (Lipinski definition) is 1. The molecular weight excluding hydrogens is 201 g/mol. The van der Waals surface area contributed by atoms with E-state index in [1.165, 1.54) is 18.4 Å². The van der Waals surface area contributed by atoms with Crippen molar-refractivity contribution in [2.45, 2.75) is 43.4 Å². The minimum absolute atomic E-state index is 0.00431. The highest BCUT2D eigenvalue weighted by atomic mass is 19.1. The van der Waals surface area contributed by atoms with Gasteiger partial charge in [0.1, 0.15) is 5.82 Å². The van der Waals surface area contributed by atoms with Gasteiger partial charge in [0.15, 0.2) is 0 Å². The van der Waals surface area contributed by atoms with Crippen LogP contribution in [0.2, 0.25) is 0 Å². The minimum Gasteiger partial charge on any atom is -0.330 e. The summed E-state index contributed by atoms with van der Waals surface area (Å²) in [7, 11) is 0. The summed E-state index contributed by atoms with van der Waals surface area (Å²) < 4.78 is 14.1. The molecule has 0 radical (unpaired) electrons. The lowest BCUT2D eigenvalue weighted by molar-refractivity contribution is 0.396. The summed E-state index contributed by atoms with van der Waals surface area (Å²) in [6, 6.07) is 5.51. The van der Waals surface area contributed by atoms with Crippen LogP contribution in [0.25, 0.3) is 0 Å². The highest BCUT2D eigenvalue weighted by Crippen LogP contribution is 2.55. The van der Waals surface area contributed by atoms with E-state index in [1.54, 1.807) is 6.07 Å². The summed E-state index contributed by atoms with van der Waals surface area (Å²) in [4.78, 5) is 0. The maximum Gasteiger partial charge on any atom is 0.127 e. The van der Waals surface area contributed by atoms with Crippen LogP contribution in [0.5, 0.6) is 0 Å². The van der Waals surface area contributed by atoms with E-state index in [4.69, 9.17) is 5.73 Å². The molecule has 1 atom stereocenters. The minimum atomic E-state index is -0.00431. The van der Waals surface area contributed by atoms with Gasteiger partial charge in [0, 0.05) is 0 Å². The van der Waals surface area contributed by atoms with Crippen LogP contribution in [-0.4, -0.2) is 6.54 Å². The molecule has 1 fully saturated rings.